The number of hydrogen-bond donors (Lipinski definition) is 0. The molecule has 32 heavy (non-hydrogen) atoms. The predicted octanol–water partition coefficient (Wildman–Crippen LogP) is 7.25. The fourth-order valence-electron chi connectivity index (χ4n) is 3.53. The van der Waals surface area contributed by atoms with E-state index in [1.165, 1.54) is 23.5 Å². The lowest BCUT2D eigenvalue weighted by molar-refractivity contribution is -0.137. The van der Waals surface area contributed by atoms with Gasteiger partial charge in [0.25, 0.3) is 5.89 Å². The SMILES string of the molecule is Cc1cccc(-c2csc(-c3nc(-c4cccc(C(F)(F)F)c4)no3)c2-n2cccc2)c1. The van der Waals surface area contributed by atoms with Crippen molar-refractivity contribution in [1.82, 2.24) is 14.7 Å². The second-order valence-corrected chi connectivity index (χ2v) is 8.17. The molecule has 8 heteroatoms. The molecule has 0 saturated heterocycles. The van der Waals surface area contributed by atoms with Crippen LogP contribution in [0.25, 0.3) is 39.0 Å². The molecule has 0 fully saturated rings. The van der Waals surface area contributed by atoms with Crippen molar-refractivity contribution in [1.29, 1.82) is 0 Å². The number of halogens is 3. The zero-order chi connectivity index (χ0) is 22.3. The van der Waals surface area contributed by atoms with Crippen LogP contribution in [0.2, 0.25) is 0 Å². The molecule has 4 nitrogen and oxygen atoms in total. The number of rotatable bonds is 4. The number of benzene rings is 2. The zero-order valence-electron chi connectivity index (χ0n) is 16.8. The van der Waals surface area contributed by atoms with E-state index in [9.17, 15) is 13.2 Å². The minimum Gasteiger partial charge on any atom is -0.333 e. The van der Waals surface area contributed by atoms with E-state index in [-0.39, 0.29) is 17.3 Å². The van der Waals surface area contributed by atoms with Crippen molar-refractivity contribution in [3.8, 4) is 39.0 Å². The van der Waals surface area contributed by atoms with Crippen LogP contribution in [0, 0.1) is 6.92 Å². The first-order valence-corrected chi connectivity index (χ1v) is 10.6. The normalized spacial score (nSPS) is 11.8. The number of nitrogens with zero attached hydrogens (tertiary/aromatic N) is 3. The van der Waals surface area contributed by atoms with E-state index in [2.05, 4.69) is 16.2 Å². The molecular weight excluding hydrogens is 435 g/mol. The molecule has 3 aromatic heterocycles. The van der Waals surface area contributed by atoms with Crippen LogP contribution in [-0.2, 0) is 6.18 Å². The van der Waals surface area contributed by atoms with Gasteiger partial charge >= 0.3 is 6.18 Å². The third-order valence-corrected chi connectivity index (χ3v) is 5.98. The fourth-order valence-corrected chi connectivity index (χ4v) is 4.52. The fraction of sp³-hybridized carbons (Fsp3) is 0.0833. The lowest BCUT2D eigenvalue weighted by Crippen LogP contribution is -2.04. The van der Waals surface area contributed by atoms with Gasteiger partial charge in [0, 0.05) is 28.9 Å². The third kappa shape index (κ3) is 3.73. The maximum atomic E-state index is 13.1. The first kappa shape index (κ1) is 20.3. The average Bonchev–Trinajstić information content (AvgIpc) is 3.52. The van der Waals surface area contributed by atoms with Gasteiger partial charge in [-0.05, 0) is 36.8 Å². The molecule has 2 aromatic carbocycles. The Morgan fingerprint density at radius 2 is 1.69 bits per heavy atom. The van der Waals surface area contributed by atoms with Gasteiger partial charge in [0.15, 0.2) is 0 Å². The Morgan fingerprint density at radius 3 is 2.44 bits per heavy atom. The number of alkyl halides is 3. The summed E-state index contributed by atoms with van der Waals surface area (Å²) in [6.45, 7) is 2.03. The van der Waals surface area contributed by atoms with Gasteiger partial charge in [0.2, 0.25) is 5.82 Å². The van der Waals surface area contributed by atoms with E-state index < -0.39 is 11.7 Å². The van der Waals surface area contributed by atoms with E-state index >= 15 is 0 Å². The summed E-state index contributed by atoms with van der Waals surface area (Å²) in [7, 11) is 0. The topological polar surface area (TPSA) is 43.9 Å². The summed E-state index contributed by atoms with van der Waals surface area (Å²) in [5.74, 6) is 0.361. The van der Waals surface area contributed by atoms with Crippen LogP contribution in [-0.4, -0.2) is 14.7 Å². The third-order valence-electron chi connectivity index (χ3n) is 5.02. The number of aryl methyl sites for hydroxylation is 1. The minimum atomic E-state index is -4.44. The maximum absolute atomic E-state index is 13.1. The highest BCUT2D eigenvalue weighted by molar-refractivity contribution is 7.14. The average molecular weight is 451 g/mol. The van der Waals surface area contributed by atoms with Gasteiger partial charge in [0.05, 0.1) is 11.3 Å². The van der Waals surface area contributed by atoms with Crippen molar-refractivity contribution in [3.05, 3.63) is 89.6 Å². The minimum absolute atomic E-state index is 0.107. The standard InChI is InChI=1S/C24H16F3N3OS/c1-15-6-4-7-16(12-15)19-14-32-21(20(19)30-10-2-3-11-30)23-28-22(29-31-23)17-8-5-9-18(13-17)24(25,26)27/h2-14H,1H3. The molecule has 0 spiro atoms. The second-order valence-electron chi connectivity index (χ2n) is 7.29. The Bertz CT molecular complexity index is 1380. The summed E-state index contributed by atoms with van der Waals surface area (Å²) in [6, 6.07) is 16.9. The molecule has 0 aliphatic carbocycles. The Labute approximate surface area is 185 Å². The van der Waals surface area contributed by atoms with E-state index in [4.69, 9.17) is 4.52 Å². The maximum Gasteiger partial charge on any atom is 0.416 e. The first-order chi connectivity index (χ1) is 15.4. The summed E-state index contributed by atoms with van der Waals surface area (Å²) in [5.41, 5.74) is 3.56. The van der Waals surface area contributed by atoms with Crippen molar-refractivity contribution < 1.29 is 17.7 Å². The number of aromatic nitrogens is 3. The van der Waals surface area contributed by atoms with Crippen LogP contribution in [0.1, 0.15) is 11.1 Å². The second kappa shape index (κ2) is 7.80. The van der Waals surface area contributed by atoms with E-state index in [0.717, 1.165) is 39.4 Å². The van der Waals surface area contributed by atoms with Crippen molar-refractivity contribution in [2.24, 2.45) is 0 Å². The number of thiophene rings is 1. The Morgan fingerprint density at radius 1 is 0.938 bits per heavy atom. The molecule has 0 amide bonds. The van der Waals surface area contributed by atoms with E-state index in [1.54, 1.807) is 0 Å². The number of hydrogen-bond acceptors (Lipinski definition) is 4. The molecule has 5 aromatic rings. The summed E-state index contributed by atoms with van der Waals surface area (Å²) < 4.78 is 46.7. The molecule has 0 unspecified atom stereocenters. The Kier molecular flexibility index (Phi) is 4.94. The van der Waals surface area contributed by atoms with Gasteiger partial charge in [0.1, 0.15) is 4.88 Å². The van der Waals surface area contributed by atoms with E-state index in [1.807, 2.05) is 59.6 Å². The van der Waals surface area contributed by atoms with Crippen LogP contribution in [0.4, 0.5) is 13.2 Å². The highest BCUT2D eigenvalue weighted by Gasteiger charge is 2.31. The van der Waals surface area contributed by atoms with Gasteiger partial charge in [-0.2, -0.15) is 18.2 Å². The molecule has 160 valence electrons. The molecule has 0 N–H and O–H groups in total. The van der Waals surface area contributed by atoms with E-state index in [0.29, 0.717) is 0 Å². The first-order valence-electron chi connectivity index (χ1n) is 9.74. The molecule has 0 radical (unpaired) electrons. The van der Waals surface area contributed by atoms with Gasteiger partial charge in [-0.25, -0.2) is 0 Å². The highest BCUT2D eigenvalue weighted by atomic mass is 32.1. The molecule has 0 atom stereocenters. The summed E-state index contributed by atoms with van der Waals surface area (Å²) in [4.78, 5) is 5.16. The molecular formula is C24H16F3N3OS. The molecule has 0 saturated carbocycles. The smallest absolute Gasteiger partial charge is 0.333 e. The van der Waals surface area contributed by atoms with Gasteiger partial charge in [-0.1, -0.05) is 47.1 Å². The van der Waals surface area contributed by atoms with Crippen LogP contribution in [0.3, 0.4) is 0 Å². The van der Waals surface area contributed by atoms with Crippen molar-refractivity contribution in [3.63, 3.8) is 0 Å². The molecule has 3 heterocycles. The predicted molar refractivity (Wildman–Crippen MR) is 118 cm³/mol. The summed E-state index contributed by atoms with van der Waals surface area (Å²) in [6.07, 6.45) is -0.593. The lowest BCUT2D eigenvalue weighted by atomic mass is 10.0. The van der Waals surface area contributed by atoms with Crippen molar-refractivity contribution in [2.75, 3.05) is 0 Å². The monoisotopic (exact) mass is 451 g/mol. The zero-order valence-corrected chi connectivity index (χ0v) is 17.6. The quantitative estimate of drug-likeness (QED) is 0.289. The van der Waals surface area contributed by atoms with Crippen molar-refractivity contribution >= 4 is 11.3 Å². The highest BCUT2D eigenvalue weighted by Crippen LogP contribution is 2.41. The summed E-state index contributed by atoms with van der Waals surface area (Å²) in [5, 5.41) is 5.97. The molecule has 0 bridgehead atoms. The van der Waals surface area contributed by atoms with Crippen molar-refractivity contribution in [2.45, 2.75) is 13.1 Å². The Balaban J connectivity index is 1.61. The molecule has 0 aliphatic rings. The van der Waals surface area contributed by atoms with Crippen LogP contribution < -0.4 is 0 Å². The van der Waals surface area contributed by atoms with Gasteiger partial charge in [-0.3, -0.25) is 0 Å². The van der Waals surface area contributed by atoms with Crippen LogP contribution >= 0.6 is 11.3 Å². The Hall–Kier alpha value is -3.65. The van der Waals surface area contributed by atoms with Gasteiger partial charge < -0.3 is 9.09 Å². The molecule has 5 rings (SSSR count). The summed E-state index contributed by atoms with van der Waals surface area (Å²) >= 11 is 1.45. The van der Waals surface area contributed by atoms with Gasteiger partial charge in [-0.15, -0.1) is 11.3 Å². The molecule has 0 aliphatic heterocycles. The van der Waals surface area contributed by atoms with Crippen LogP contribution in [0.5, 0.6) is 0 Å². The lowest BCUT2D eigenvalue weighted by Gasteiger charge is -2.08. The largest absolute Gasteiger partial charge is 0.416 e. The van der Waals surface area contributed by atoms with Crippen LogP contribution in [0.15, 0.2) is 83.0 Å².